The molecule has 0 aromatic heterocycles. The van der Waals surface area contributed by atoms with E-state index < -0.39 is 23.4 Å². The minimum absolute atomic E-state index is 0.413. The Morgan fingerprint density at radius 3 is 2.17 bits per heavy atom. The van der Waals surface area contributed by atoms with Crippen LogP contribution in [0.5, 0.6) is 0 Å². The molecule has 1 unspecified atom stereocenters. The van der Waals surface area contributed by atoms with Gasteiger partial charge in [-0.3, -0.25) is 4.79 Å². The maximum Gasteiger partial charge on any atom is 0.311 e. The van der Waals surface area contributed by atoms with Crippen molar-refractivity contribution in [2.24, 2.45) is 10.8 Å². The van der Waals surface area contributed by atoms with Crippen LogP contribution in [-0.2, 0) is 9.53 Å². The molecular formula is C9H18O3. The number of hydrogen-bond donors (Lipinski definition) is 1. The summed E-state index contributed by atoms with van der Waals surface area (Å²) in [7, 11) is 1.30. The van der Waals surface area contributed by atoms with Crippen LogP contribution in [0.1, 0.15) is 29.1 Å². The van der Waals surface area contributed by atoms with Gasteiger partial charge in [-0.2, -0.15) is 0 Å². The van der Waals surface area contributed by atoms with Crippen LogP contribution in [0, 0.1) is 10.8 Å². The highest BCUT2D eigenvalue weighted by Gasteiger charge is 2.43. The highest BCUT2D eigenvalue weighted by atomic mass is 16.5. The molecule has 12 heavy (non-hydrogen) atoms. The molecule has 0 spiro atoms. The smallest absolute Gasteiger partial charge is 0.311 e. The number of esters is 1. The van der Waals surface area contributed by atoms with Crippen LogP contribution in [0.2, 0.25) is 0 Å². The van der Waals surface area contributed by atoms with E-state index in [1.807, 2.05) is 0 Å². The molecule has 0 aromatic rings. The lowest BCUT2D eigenvalue weighted by Crippen LogP contribution is -2.42. The van der Waals surface area contributed by atoms with Gasteiger partial charge in [0, 0.05) is 12.0 Å². The summed E-state index contributed by atoms with van der Waals surface area (Å²) >= 11 is 0. The van der Waals surface area contributed by atoms with Crippen molar-refractivity contribution in [3.63, 3.8) is 0 Å². The van der Waals surface area contributed by atoms with Crippen molar-refractivity contribution in [2.75, 3.05) is 13.7 Å². The van der Waals surface area contributed by atoms with Crippen LogP contribution in [0.3, 0.4) is 0 Å². The van der Waals surface area contributed by atoms with Crippen molar-refractivity contribution in [3.8, 4) is 0 Å². The van der Waals surface area contributed by atoms with Gasteiger partial charge in [-0.05, 0) is 13.8 Å². The Kier molecular flexibility index (Phi) is 2.73. The predicted molar refractivity (Wildman–Crippen MR) is 46.7 cm³/mol. The summed E-state index contributed by atoms with van der Waals surface area (Å²) in [6, 6.07) is 0. The van der Waals surface area contributed by atoms with Gasteiger partial charge in [0.05, 0.1) is 13.9 Å². The van der Waals surface area contributed by atoms with Gasteiger partial charge in [-0.25, -0.2) is 0 Å². The first-order valence-corrected chi connectivity index (χ1v) is 3.86. The second kappa shape index (κ2) is 3.44. The second-order valence-electron chi connectivity index (χ2n) is 3.97. The van der Waals surface area contributed by atoms with Crippen LogP contribution in [-0.4, -0.2) is 24.8 Å². The number of carbonyl (C=O) groups excluding carboxylic acids is 1. The number of aliphatic hydroxyl groups is 1. The van der Waals surface area contributed by atoms with Gasteiger partial charge >= 0.3 is 5.97 Å². The van der Waals surface area contributed by atoms with Crippen LogP contribution in [0.15, 0.2) is 0 Å². The van der Waals surface area contributed by atoms with E-state index in [1.54, 1.807) is 27.7 Å². The van der Waals surface area contributed by atoms with Gasteiger partial charge in [0.2, 0.25) is 0 Å². The largest absolute Gasteiger partial charge is 0.469 e. The molecule has 0 aromatic carbocycles. The summed E-state index contributed by atoms with van der Waals surface area (Å²) in [5, 5.41) is 9.22. The number of carbonyl (C=O) groups is 1. The van der Waals surface area contributed by atoms with Crippen molar-refractivity contribution in [1.82, 2.24) is 0 Å². The van der Waals surface area contributed by atoms with Crippen LogP contribution < -0.4 is 0 Å². The lowest BCUT2D eigenvalue weighted by Gasteiger charge is -2.37. The molecule has 0 rings (SSSR count). The third kappa shape index (κ3) is 1.78. The Hall–Kier alpha value is -0.570. The average Bonchev–Trinajstić information content (AvgIpc) is 2.02. The van der Waals surface area contributed by atoms with E-state index in [-0.39, 0.29) is 0 Å². The van der Waals surface area contributed by atoms with Crippen molar-refractivity contribution < 1.29 is 16.0 Å². The Bertz CT molecular complexity index is 197. The zero-order chi connectivity index (χ0) is 10.9. The molecule has 0 radical (unpaired) electrons. The highest BCUT2D eigenvalue weighted by molar-refractivity contribution is 5.76. The number of rotatable bonds is 3. The summed E-state index contributed by atoms with van der Waals surface area (Å²) < 4.78 is 11.9. The monoisotopic (exact) mass is 175 g/mol. The summed E-state index contributed by atoms with van der Waals surface area (Å²) in [5.41, 5.74) is -1.71. The second-order valence-corrected chi connectivity index (χ2v) is 3.97. The molecule has 0 saturated carbocycles. The number of ether oxygens (including phenoxy) is 1. The first-order valence-electron chi connectivity index (χ1n) is 4.44. The van der Waals surface area contributed by atoms with E-state index in [0.717, 1.165) is 0 Å². The quantitative estimate of drug-likeness (QED) is 0.656. The number of hydrogen-bond acceptors (Lipinski definition) is 3. The number of aliphatic hydroxyl groups excluding tert-OH is 1. The number of methoxy groups -OCH3 is 1. The van der Waals surface area contributed by atoms with Gasteiger partial charge in [0.25, 0.3) is 0 Å². The van der Waals surface area contributed by atoms with Crippen molar-refractivity contribution in [3.05, 3.63) is 0 Å². The Labute approximate surface area is 75.1 Å². The van der Waals surface area contributed by atoms with Crippen LogP contribution in [0.25, 0.3) is 0 Å². The Morgan fingerprint density at radius 2 is 1.92 bits per heavy atom. The SMILES string of the molecule is [2H]C(O)C(C)(C)C(C)(C)C(=O)OC. The fourth-order valence-corrected chi connectivity index (χ4v) is 0.680. The third-order valence-electron chi connectivity index (χ3n) is 2.63. The molecule has 0 aliphatic carbocycles. The van der Waals surface area contributed by atoms with E-state index in [9.17, 15) is 9.90 Å². The standard InChI is InChI=1S/C9H18O3/c1-8(2,6-10)9(3,4)7(11)12-5/h10H,6H2,1-5H3/i6D. The fraction of sp³-hybridized carbons (Fsp3) is 0.889. The molecule has 0 aliphatic rings. The predicted octanol–water partition coefficient (Wildman–Crippen LogP) is 1.20. The fourth-order valence-electron chi connectivity index (χ4n) is 0.680. The van der Waals surface area contributed by atoms with Crippen molar-refractivity contribution in [1.29, 1.82) is 0 Å². The summed E-state index contributed by atoms with van der Waals surface area (Å²) in [4.78, 5) is 11.4. The molecule has 72 valence electrons. The molecule has 0 heterocycles. The lowest BCUT2D eigenvalue weighted by molar-refractivity contribution is -0.159. The van der Waals surface area contributed by atoms with Crippen LogP contribution in [0.4, 0.5) is 0 Å². The normalized spacial score (nSPS) is 16.7. The van der Waals surface area contributed by atoms with Crippen LogP contribution >= 0.6 is 0 Å². The maximum atomic E-state index is 11.4. The van der Waals surface area contributed by atoms with Crippen molar-refractivity contribution >= 4 is 5.97 Å². The molecule has 3 heteroatoms. The molecule has 3 nitrogen and oxygen atoms in total. The lowest BCUT2D eigenvalue weighted by atomic mass is 9.68. The van der Waals surface area contributed by atoms with E-state index in [2.05, 4.69) is 4.74 Å². The summed E-state index contributed by atoms with van der Waals surface area (Å²) in [5.74, 6) is -0.413. The molecule has 1 atom stereocenters. The van der Waals surface area contributed by atoms with E-state index in [1.165, 1.54) is 7.11 Å². The first-order chi connectivity index (χ1) is 5.67. The topological polar surface area (TPSA) is 46.5 Å². The molecule has 0 saturated heterocycles. The molecule has 1 N–H and O–H groups in total. The Morgan fingerprint density at radius 1 is 1.50 bits per heavy atom. The van der Waals surface area contributed by atoms with E-state index in [0.29, 0.717) is 0 Å². The van der Waals surface area contributed by atoms with Gasteiger partial charge in [-0.15, -0.1) is 0 Å². The maximum absolute atomic E-state index is 11.4. The molecule has 0 amide bonds. The molecule has 0 aliphatic heterocycles. The zero-order valence-corrected chi connectivity index (χ0v) is 8.34. The zero-order valence-electron chi connectivity index (χ0n) is 9.34. The highest BCUT2D eigenvalue weighted by Crippen LogP contribution is 2.38. The molecule has 0 fully saturated rings. The summed E-state index contributed by atoms with van der Waals surface area (Å²) in [6.07, 6.45) is 0. The van der Waals surface area contributed by atoms with E-state index in [4.69, 9.17) is 1.37 Å². The molecule has 0 bridgehead atoms. The average molecular weight is 175 g/mol. The summed E-state index contributed by atoms with van der Waals surface area (Å²) in [6.45, 7) is 5.36. The minimum Gasteiger partial charge on any atom is -0.469 e. The van der Waals surface area contributed by atoms with Gasteiger partial charge in [0.1, 0.15) is 0 Å². The van der Waals surface area contributed by atoms with Gasteiger partial charge in [-0.1, -0.05) is 13.8 Å². The van der Waals surface area contributed by atoms with E-state index >= 15 is 0 Å². The van der Waals surface area contributed by atoms with Crippen molar-refractivity contribution in [2.45, 2.75) is 27.7 Å². The van der Waals surface area contributed by atoms with Gasteiger partial charge in [0.15, 0.2) is 0 Å². The third-order valence-corrected chi connectivity index (χ3v) is 2.63. The molecular weight excluding hydrogens is 156 g/mol. The van der Waals surface area contributed by atoms with Gasteiger partial charge < -0.3 is 9.84 Å². The minimum atomic E-state index is -1.30. The first kappa shape index (κ1) is 9.52. The Balaban J connectivity index is 4.91.